The second-order valence-electron chi connectivity index (χ2n) is 7.20. The molecule has 2 aromatic carbocycles. The molecule has 0 saturated carbocycles. The van der Waals surface area contributed by atoms with Gasteiger partial charge in [-0.3, -0.25) is 4.79 Å². The molecule has 29 heavy (non-hydrogen) atoms. The average Bonchev–Trinajstić information content (AvgIpc) is 3.15. The molecule has 0 radical (unpaired) electrons. The number of hydrogen-bond acceptors (Lipinski definition) is 4. The van der Waals surface area contributed by atoms with E-state index in [9.17, 15) is 13.6 Å². The van der Waals surface area contributed by atoms with Crippen LogP contribution in [0.2, 0.25) is 0 Å². The first-order chi connectivity index (χ1) is 13.6. The second-order valence-corrected chi connectivity index (χ2v) is 7.20. The number of carbonyl (C=O) groups excluding carboxylic acids is 1. The lowest BCUT2D eigenvalue weighted by molar-refractivity contribution is 0.0185. The molecule has 0 fully saturated rings. The molecule has 1 aromatic heterocycles. The van der Waals surface area contributed by atoms with Gasteiger partial charge in [0.25, 0.3) is 0 Å². The quantitative estimate of drug-likeness (QED) is 0.727. The Morgan fingerprint density at radius 1 is 1.21 bits per heavy atom. The largest absolute Gasteiger partial charge is 0.473 e. The van der Waals surface area contributed by atoms with E-state index in [2.05, 4.69) is 10.2 Å². The highest BCUT2D eigenvalue weighted by atomic mass is 19.1. The lowest BCUT2D eigenvalue weighted by atomic mass is 9.95. The van der Waals surface area contributed by atoms with Crippen LogP contribution in [0.25, 0.3) is 11.4 Å². The summed E-state index contributed by atoms with van der Waals surface area (Å²) in [6, 6.07) is 6.47. The highest BCUT2D eigenvalue weighted by molar-refractivity contribution is 5.93. The van der Waals surface area contributed by atoms with Crippen LogP contribution in [0, 0.1) is 18.6 Å². The van der Waals surface area contributed by atoms with Crippen molar-refractivity contribution in [3.05, 3.63) is 64.5 Å². The van der Waals surface area contributed by atoms with E-state index in [0.717, 1.165) is 6.07 Å². The Morgan fingerprint density at radius 3 is 2.59 bits per heavy atom. The Hall–Kier alpha value is -3.36. The number of amides is 1. The van der Waals surface area contributed by atoms with E-state index in [1.165, 1.54) is 42.8 Å². The topological polar surface area (TPSA) is 83.0 Å². The van der Waals surface area contributed by atoms with Crippen LogP contribution < -0.4 is 10.5 Å². The van der Waals surface area contributed by atoms with E-state index in [1.54, 1.807) is 6.92 Å². The molecule has 2 unspecified atom stereocenters. The van der Waals surface area contributed by atoms with Crippen LogP contribution >= 0.6 is 0 Å². The van der Waals surface area contributed by atoms with Crippen molar-refractivity contribution in [2.75, 3.05) is 0 Å². The van der Waals surface area contributed by atoms with E-state index >= 15 is 4.39 Å². The van der Waals surface area contributed by atoms with Gasteiger partial charge in [-0.05, 0) is 49.7 Å². The summed E-state index contributed by atoms with van der Waals surface area (Å²) in [6.07, 6.45) is -1.70. The molecule has 4 rings (SSSR count). The number of rotatable bonds is 3. The van der Waals surface area contributed by atoms with Crippen LogP contribution in [-0.2, 0) is 12.6 Å². The number of fused-ring (bicyclic) bond motifs is 1. The van der Waals surface area contributed by atoms with Crippen molar-refractivity contribution in [2.24, 2.45) is 12.8 Å². The van der Waals surface area contributed by atoms with Gasteiger partial charge >= 0.3 is 0 Å². The second kappa shape index (κ2) is 6.33. The van der Waals surface area contributed by atoms with Crippen LogP contribution in [0.5, 0.6) is 5.75 Å². The Labute approximate surface area is 164 Å². The van der Waals surface area contributed by atoms with Crippen molar-refractivity contribution in [3.8, 4) is 17.1 Å². The van der Waals surface area contributed by atoms with Crippen LogP contribution in [-0.4, -0.2) is 20.7 Å². The van der Waals surface area contributed by atoms with Crippen molar-refractivity contribution in [1.29, 1.82) is 0 Å². The highest BCUT2D eigenvalue weighted by Crippen LogP contribution is 2.52. The first kappa shape index (κ1) is 19.0. The molecule has 0 saturated heterocycles. The van der Waals surface area contributed by atoms with Gasteiger partial charge in [-0.1, -0.05) is 0 Å². The van der Waals surface area contributed by atoms with E-state index in [0.29, 0.717) is 5.56 Å². The van der Waals surface area contributed by atoms with Gasteiger partial charge in [-0.2, -0.15) is 0 Å². The van der Waals surface area contributed by atoms with E-state index in [-0.39, 0.29) is 34.1 Å². The number of benzene rings is 2. The molecule has 6 nitrogen and oxygen atoms in total. The first-order valence-electron chi connectivity index (χ1n) is 8.76. The number of nitrogens with zero attached hydrogens (tertiary/aromatic N) is 3. The molecule has 1 aliphatic heterocycles. The summed E-state index contributed by atoms with van der Waals surface area (Å²) in [5, 5.41) is 7.96. The van der Waals surface area contributed by atoms with Gasteiger partial charge in [0.2, 0.25) is 11.5 Å². The molecule has 0 aliphatic carbocycles. The van der Waals surface area contributed by atoms with Crippen LogP contribution in [0.15, 0.2) is 30.3 Å². The van der Waals surface area contributed by atoms with E-state index in [1.807, 2.05) is 0 Å². The van der Waals surface area contributed by atoms with Gasteiger partial charge in [0, 0.05) is 18.2 Å². The summed E-state index contributed by atoms with van der Waals surface area (Å²) in [5.41, 5.74) is 4.21. The normalized spacial score (nSPS) is 20.4. The molecule has 1 amide bonds. The highest BCUT2D eigenvalue weighted by Gasteiger charge is 2.51. The third-order valence-corrected chi connectivity index (χ3v) is 5.10. The van der Waals surface area contributed by atoms with E-state index in [4.69, 9.17) is 10.5 Å². The number of aromatic nitrogens is 3. The molecule has 0 bridgehead atoms. The molecule has 3 aromatic rings. The minimum atomic E-state index is -1.70. The summed E-state index contributed by atoms with van der Waals surface area (Å²) in [6.45, 7) is 3.09. The Bertz CT molecular complexity index is 1160. The Morgan fingerprint density at radius 2 is 1.93 bits per heavy atom. The monoisotopic (exact) mass is 402 g/mol. The minimum absolute atomic E-state index is 0.00449. The summed E-state index contributed by atoms with van der Waals surface area (Å²) in [4.78, 5) is 11.2. The Kier molecular flexibility index (Phi) is 4.14. The summed E-state index contributed by atoms with van der Waals surface area (Å²) in [7, 11) is 1.53. The molecule has 1 aliphatic rings. The summed E-state index contributed by atoms with van der Waals surface area (Å²) in [5.74, 6) is -2.18. The summed E-state index contributed by atoms with van der Waals surface area (Å²) >= 11 is 0. The fourth-order valence-corrected chi connectivity index (χ4v) is 3.62. The fraction of sp³-hybridized carbons (Fsp3) is 0.250. The number of halogens is 3. The molecule has 0 spiro atoms. The van der Waals surface area contributed by atoms with Gasteiger partial charge in [0.05, 0.1) is 5.56 Å². The minimum Gasteiger partial charge on any atom is -0.473 e. The first-order valence-corrected chi connectivity index (χ1v) is 8.76. The maximum atomic E-state index is 15.3. The maximum absolute atomic E-state index is 15.3. The van der Waals surface area contributed by atoms with Crippen LogP contribution in [0.3, 0.4) is 0 Å². The molecular weight excluding hydrogens is 385 g/mol. The zero-order chi connectivity index (χ0) is 21.1. The lowest BCUT2D eigenvalue weighted by Crippen LogP contribution is -2.33. The predicted octanol–water partition coefficient (Wildman–Crippen LogP) is 3.49. The standard InChI is InChI=1S/C20H17F3N4O2/c1-9-6-12-15(14(22)7-9)29-20(2,16(12)23)19-26-25-18(27(19)3)11-5-4-10(17(24)28)8-13(11)21/h4-8,16H,1-3H3,(H2,24,28). The van der Waals surface area contributed by atoms with Gasteiger partial charge in [0.15, 0.2) is 29.4 Å². The maximum Gasteiger partial charge on any atom is 0.248 e. The van der Waals surface area contributed by atoms with Gasteiger partial charge in [0.1, 0.15) is 5.82 Å². The van der Waals surface area contributed by atoms with Crippen molar-refractivity contribution in [1.82, 2.24) is 14.8 Å². The number of hydrogen-bond donors (Lipinski definition) is 1. The number of aryl methyl sites for hydroxylation is 1. The third kappa shape index (κ3) is 2.76. The molecule has 150 valence electrons. The molecular formula is C20H17F3N4O2. The SMILES string of the molecule is Cc1cc(F)c2c(c1)C(F)C(C)(c1nnc(-c3ccc(C(N)=O)cc3F)n1C)O2. The van der Waals surface area contributed by atoms with Crippen molar-refractivity contribution >= 4 is 5.91 Å². The molecule has 9 heteroatoms. The van der Waals surface area contributed by atoms with Crippen molar-refractivity contribution in [3.63, 3.8) is 0 Å². The summed E-state index contributed by atoms with van der Waals surface area (Å²) < 4.78 is 51.2. The number of primary amides is 1. The Balaban J connectivity index is 1.78. The fourth-order valence-electron chi connectivity index (χ4n) is 3.62. The zero-order valence-corrected chi connectivity index (χ0v) is 15.8. The zero-order valence-electron chi connectivity index (χ0n) is 15.8. The third-order valence-electron chi connectivity index (χ3n) is 5.10. The number of alkyl halides is 1. The van der Waals surface area contributed by atoms with Crippen molar-refractivity contribution in [2.45, 2.75) is 25.6 Å². The smallest absolute Gasteiger partial charge is 0.248 e. The van der Waals surface area contributed by atoms with Crippen LogP contribution in [0.4, 0.5) is 13.2 Å². The molecule has 2 atom stereocenters. The predicted molar refractivity (Wildman–Crippen MR) is 97.9 cm³/mol. The van der Waals surface area contributed by atoms with Crippen LogP contribution in [0.1, 0.15) is 40.4 Å². The lowest BCUT2D eigenvalue weighted by Gasteiger charge is -2.25. The number of nitrogens with two attached hydrogens (primary N) is 1. The average molecular weight is 402 g/mol. The number of carbonyl (C=O) groups is 1. The van der Waals surface area contributed by atoms with Gasteiger partial charge in [-0.25, -0.2) is 13.2 Å². The molecule has 2 N–H and O–H groups in total. The molecule has 2 heterocycles. The van der Waals surface area contributed by atoms with Gasteiger partial charge in [-0.15, -0.1) is 10.2 Å². The van der Waals surface area contributed by atoms with E-state index < -0.39 is 29.3 Å². The van der Waals surface area contributed by atoms with Gasteiger partial charge < -0.3 is 15.0 Å². The number of ether oxygens (including phenoxy) is 1. The van der Waals surface area contributed by atoms with Crippen molar-refractivity contribution < 1.29 is 22.7 Å².